The minimum absolute atomic E-state index is 0.0361. The maximum atomic E-state index is 11.4. The molecule has 1 fully saturated rings. The SMILES string of the molecule is CC(CC(=O)O)(c1ccc(Cl)cc1Cl)N1CCCCCC1. The summed E-state index contributed by atoms with van der Waals surface area (Å²) in [6.45, 7) is 3.78. The molecule has 1 atom stereocenters. The number of hydrogen-bond acceptors (Lipinski definition) is 2. The summed E-state index contributed by atoms with van der Waals surface area (Å²) < 4.78 is 0. The Kier molecular flexibility index (Phi) is 5.53. The van der Waals surface area contributed by atoms with E-state index in [1.165, 1.54) is 12.8 Å². The molecule has 0 spiro atoms. The van der Waals surface area contributed by atoms with E-state index in [0.717, 1.165) is 31.5 Å². The summed E-state index contributed by atoms with van der Waals surface area (Å²) in [4.78, 5) is 13.7. The zero-order valence-corrected chi connectivity index (χ0v) is 13.8. The molecule has 21 heavy (non-hydrogen) atoms. The second kappa shape index (κ2) is 6.99. The number of aliphatic carboxylic acids is 1. The van der Waals surface area contributed by atoms with Gasteiger partial charge in [-0.2, -0.15) is 0 Å². The highest BCUT2D eigenvalue weighted by Gasteiger charge is 2.37. The lowest BCUT2D eigenvalue weighted by atomic mass is 9.86. The molecule has 1 saturated heterocycles. The molecular weight excluding hydrogens is 309 g/mol. The molecular formula is C16H21Cl2NO2. The monoisotopic (exact) mass is 329 g/mol. The quantitative estimate of drug-likeness (QED) is 0.880. The van der Waals surface area contributed by atoms with Crippen molar-refractivity contribution < 1.29 is 9.90 Å². The topological polar surface area (TPSA) is 40.5 Å². The fourth-order valence-corrected chi connectivity index (χ4v) is 3.77. The third kappa shape index (κ3) is 3.91. The first-order valence-corrected chi connectivity index (χ1v) is 8.11. The van der Waals surface area contributed by atoms with Crippen molar-refractivity contribution in [3.63, 3.8) is 0 Å². The molecule has 1 N–H and O–H groups in total. The molecule has 1 aliphatic rings. The van der Waals surface area contributed by atoms with Crippen LogP contribution in [0.2, 0.25) is 10.0 Å². The van der Waals surface area contributed by atoms with Crippen LogP contribution in [0.5, 0.6) is 0 Å². The highest BCUT2D eigenvalue weighted by atomic mass is 35.5. The van der Waals surface area contributed by atoms with Gasteiger partial charge in [0.1, 0.15) is 0 Å². The van der Waals surface area contributed by atoms with Gasteiger partial charge in [-0.05, 0) is 50.6 Å². The molecule has 1 aromatic rings. The Morgan fingerprint density at radius 3 is 2.38 bits per heavy atom. The van der Waals surface area contributed by atoms with Gasteiger partial charge in [0.05, 0.1) is 12.0 Å². The van der Waals surface area contributed by atoms with Crippen LogP contribution in [0.25, 0.3) is 0 Å². The molecule has 1 heterocycles. The van der Waals surface area contributed by atoms with Crippen LogP contribution in [-0.4, -0.2) is 29.1 Å². The Morgan fingerprint density at radius 1 is 1.24 bits per heavy atom. The molecule has 2 rings (SSSR count). The summed E-state index contributed by atoms with van der Waals surface area (Å²) in [7, 11) is 0. The highest BCUT2D eigenvalue weighted by molar-refractivity contribution is 6.35. The van der Waals surface area contributed by atoms with Crippen molar-refractivity contribution in [2.24, 2.45) is 0 Å². The van der Waals surface area contributed by atoms with Gasteiger partial charge in [0.25, 0.3) is 0 Å². The van der Waals surface area contributed by atoms with E-state index in [1.807, 2.05) is 13.0 Å². The van der Waals surface area contributed by atoms with Gasteiger partial charge in [0.15, 0.2) is 0 Å². The van der Waals surface area contributed by atoms with Crippen LogP contribution in [0.3, 0.4) is 0 Å². The summed E-state index contributed by atoms with van der Waals surface area (Å²) in [5.74, 6) is -0.812. The standard InChI is InChI=1S/C16H21Cl2NO2/c1-16(11-15(20)21,19-8-4-2-3-5-9-19)13-7-6-12(17)10-14(13)18/h6-7,10H,2-5,8-9,11H2,1H3,(H,20,21). The number of nitrogens with zero attached hydrogens (tertiary/aromatic N) is 1. The number of halogens is 2. The summed E-state index contributed by atoms with van der Waals surface area (Å²) in [5, 5.41) is 10.5. The van der Waals surface area contributed by atoms with Crippen LogP contribution >= 0.6 is 23.2 Å². The predicted molar refractivity (Wildman–Crippen MR) is 86.1 cm³/mol. The van der Waals surface area contributed by atoms with Gasteiger partial charge in [-0.1, -0.05) is 42.1 Å². The smallest absolute Gasteiger partial charge is 0.305 e. The van der Waals surface area contributed by atoms with Gasteiger partial charge >= 0.3 is 5.97 Å². The zero-order chi connectivity index (χ0) is 15.5. The lowest BCUT2D eigenvalue weighted by Gasteiger charge is -2.41. The van der Waals surface area contributed by atoms with Crippen molar-refractivity contribution in [2.75, 3.05) is 13.1 Å². The maximum absolute atomic E-state index is 11.4. The molecule has 0 radical (unpaired) electrons. The molecule has 0 aliphatic carbocycles. The van der Waals surface area contributed by atoms with Gasteiger partial charge in [0, 0.05) is 10.0 Å². The first-order valence-electron chi connectivity index (χ1n) is 7.36. The van der Waals surface area contributed by atoms with E-state index >= 15 is 0 Å². The number of hydrogen-bond donors (Lipinski definition) is 1. The average molecular weight is 330 g/mol. The molecule has 1 unspecified atom stereocenters. The van der Waals surface area contributed by atoms with E-state index in [0.29, 0.717) is 10.0 Å². The maximum Gasteiger partial charge on any atom is 0.305 e. The average Bonchev–Trinajstić information content (AvgIpc) is 2.66. The second-order valence-electron chi connectivity index (χ2n) is 5.87. The van der Waals surface area contributed by atoms with Crippen molar-refractivity contribution in [1.29, 1.82) is 0 Å². The Morgan fingerprint density at radius 2 is 1.86 bits per heavy atom. The van der Waals surface area contributed by atoms with Crippen LogP contribution in [0.1, 0.15) is 44.6 Å². The summed E-state index contributed by atoms with van der Waals surface area (Å²) in [6, 6.07) is 5.33. The van der Waals surface area contributed by atoms with Crippen molar-refractivity contribution in [1.82, 2.24) is 4.90 Å². The number of likely N-dealkylation sites (tertiary alicyclic amines) is 1. The Balaban J connectivity index is 2.41. The number of carboxylic acid groups (broad SMARTS) is 1. The molecule has 3 nitrogen and oxygen atoms in total. The summed E-state index contributed by atoms with van der Waals surface area (Å²) in [5.41, 5.74) is 0.246. The zero-order valence-electron chi connectivity index (χ0n) is 12.2. The van der Waals surface area contributed by atoms with Crippen molar-refractivity contribution >= 4 is 29.2 Å². The lowest BCUT2D eigenvalue weighted by molar-refractivity contribution is -0.140. The van der Waals surface area contributed by atoms with Crippen molar-refractivity contribution in [3.05, 3.63) is 33.8 Å². The van der Waals surface area contributed by atoms with Crippen LogP contribution < -0.4 is 0 Å². The van der Waals surface area contributed by atoms with Crippen LogP contribution in [0, 0.1) is 0 Å². The normalized spacial score (nSPS) is 19.8. The molecule has 0 saturated carbocycles. The molecule has 5 heteroatoms. The third-order valence-electron chi connectivity index (χ3n) is 4.31. The van der Waals surface area contributed by atoms with Gasteiger partial charge in [-0.15, -0.1) is 0 Å². The van der Waals surface area contributed by atoms with E-state index in [2.05, 4.69) is 4.90 Å². The van der Waals surface area contributed by atoms with Gasteiger partial charge in [-0.25, -0.2) is 0 Å². The van der Waals surface area contributed by atoms with Gasteiger partial charge in [0.2, 0.25) is 0 Å². The summed E-state index contributed by atoms with van der Waals surface area (Å²) >= 11 is 12.3. The van der Waals surface area contributed by atoms with Crippen LogP contribution in [0.15, 0.2) is 18.2 Å². The number of rotatable bonds is 4. The van der Waals surface area contributed by atoms with Crippen LogP contribution in [-0.2, 0) is 10.3 Å². The van der Waals surface area contributed by atoms with E-state index < -0.39 is 11.5 Å². The molecule has 116 valence electrons. The number of carbonyl (C=O) groups is 1. The largest absolute Gasteiger partial charge is 0.481 e. The van der Waals surface area contributed by atoms with E-state index in [-0.39, 0.29) is 6.42 Å². The molecule has 1 aliphatic heterocycles. The van der Waals surface area contributed by atoms with Crippen molar-refractivity contribution in [2.45, 2.75) is 44.6 Å². The van der Waals surface area contributed by atoms with Gasteiger partial charge < -0.3 is 5.11 Å². The first-order chi connectivity index (χ1) is 9.93. The molecule has 0 bridgehead atoms. The Hall–Kier alpha value is -0.770. The first kappa shape index (κ1) is 16.6. The van der Waals surface area contributed by atoms with Crippen molar-refractivity contribution in [3.8, 4) is 0 Å². The van der Waals surface area contributed by atoms with E-state index in [4.69, 9.17) is 23.2 Å². The Labute approximate surface area is 135 Å². The van der Waals surface area contributed by atoms with Gasteiger partial charge in [-0.3, -0.25) is 9.69 Å². The summed E-state index contributed by atoms with van der Waals surface area (Å²) in [6.07, 6.45) is 4.64. The Bertz CT molecular complexity index is 513. The minimum Gasteiger partial charge on any atom is -0.481 e. The predicted octanol–water partition coefficient (Wildman–Crippen LogP) is 4.56. The molecule has 0 aromatic heterocycles. The van der Waals surface area contributed by atoms with E-state index in [1.54, 1.807) is 12.1 Å². The number of carboxylic acids is 1. The third-order valence-corrected chi connectivity index (χ3v) is 4.86. The van der Waals surface area contributed by atoms with Crippen LogP contribution in [0.4, 0.5) is 0 Å². The lowest BCUT2D eigenvalue weighted by Crippen LogP contribution is -2.46. The molecule has 1 aromatic carbocycles. The number of benzene rings is 1. The second-order valence-corrected chi connectivity index (χ2v) is 6.71. The van der Waals surface area contributed by atoms with E-state index in [9.17, 15) is 9.90 Å². The highest BCUT2D eigenvalue weighted by Crippen LogP contribution is 2.38. The molecule has 0 amide bonds. The fraction of sp³-hybridized carbons (Fsp3) is 0.562. The minimum atomic E-state index is -0.812. The fourth-order valence-electron chi connectivity index (χ4n) is 3.16.